The van der Waals surface area contributed by atoms with E-state index < -0.39 is 10.0 Å². The number of sulfonamides is 1. The van der Waals surface area contributed by atoms with Gasteiger partial charge >= 0.3 is 0 Å². The molecule has 4 atom stereocenters. The molecule has 5 rings (SSSR count). The van der Waals surface area contributed by atoms with Crippen LogP contribution in [0.3, 0.4) is 0 Å². The highest BCUT2D eigenvalue weighted by Crippen LogP contribution is 2.50. The molecule has 2 fully saturated rings. The number of fused-ring (bicyclic) bond motifs is 3. The van der Waals surface area contributed by atoms with Crippen molar-refractivity contribution < 1.29 is 13.2 Å². The summed E-state index contributed by atoms with van der Waals surface area (Å²) < 4.78 is 29.0. The van der Waals surface area contributed by atoms with Gasteiger partial charge in [0.1, 0.15) is 0 Å². The maximum absolute atomic E-state index is 13.8. The summed E-state index contributed by atoms with van der Waals surface area (Å²) in [7, 11) is -3.85. The Morgan fingerprint density at radius 3 is 2.56 bits per heavy atom. The molecule has 32 heavy (non-hydrogen) atoms. The fourth-order valence-corrected chi connectivity index (χ4v) is 7.86. The fourth-order valence-electron chi connectivity index (χ4n) is 6.10. The number of hydrogen-bond donors (Lipinski definition) is 0. The van der Waals surface area contributed by atoms with Crippen LogP contribution in [-0.2, 0) is 21.2 Å². The Balaban J connectivity index is 1.45. The summed E-state index contributed by atoms with van der Waals surface area (Å²) in [5, 5.41) is 0.487. The zero-order valence-corrected chi connectivity index (χ0v) is 19.9. The molecule has 1 aliphatic heterocycles. The molecule has 2 aromatic carbocycles. The molecule has 0 N–H and O–H groups in total. The molecule has 2 aromatic rings. The molecule has 0 unspecified atom stereocenters. The molecule has 2 bridgehead atoms. The van der Waals surface area contributed by atoms with E-state index in [1.165, 1.54) is 35.7 Å². The van der Waals surface area contributed by atoms with Gasteiger partial charge in [-0.2, -0.15) is 4.31 Å². The van der Waals surface area contributed by atoms with E-state index in [1.807, 2.05) is 31.2 Å². The first-order valence-electron chi connectivity index (χ1n) is 11.5. The number of nitrogens with zero attached hydrogens (tertiary/aromatic N) is 2. The first kappa shape index (κ1) is 21.9. The summed E-state index contributed by atoms with van der Waals surface area (Å²) in [6, 6.07) is 13.9. The van der Waals surface area contributed by atoms with Crippen LogP contribution in [0.1, 0.15) is 38.2 Å². The zero-order valence-electron chi connectivity index (χ0n) is 18.3. The molecule has 1 amide bonds. The van der Waals surface area contributed by atoms with Gasteiger partial charge in [0.05, 0.1) is 11.4 Å². The van der Waals surface area contributed by atoms with Gasteiger partial charge in [0.2, 0.25) is 15.9 Å². The Bertz CT molecular complexity index is 1120. The van der Waals surface area contributed by atoms with E-state index in [4.69, 9.17) is 11.6 Å². The summed E-state index contributed by atoms with van der Waals surface area (Å²) in [4.78, 5) is 15.4. The molecule has 3 aliphatic rings. The maximum atomic E-state index is 13.8. The minimum atomic E-state index is -3.85. The lowest BCUT2D eigenvalue weighted by atomic mass is 9.84. The zero-order chi connectivity index (χ0) is 22.5. The Labute approximate surface area is 195 Å². The van der Waals surface area contributed by atoms with Crippen LogP contribution in [0.15, 0.2) is 53.4 Å². The molecule has 0 radical (unpaired) electrons. The average molecular weight is 473 g/mol. The normalized spacial score (nSPS) is 25.3. The smallest absolute Gasteiger partial charge is 0.243 e. The third-order valence-electron chi connectivity index (χ3n) is 7.77. The van der Waals surface area contributed by atoms with Crippen molar-refractivity contribution in [2.75, 3.05) is 18.0 Å². The predicted octanol–water partition coefficient (Wildman–Crippen LogP) is 4.74. The minimum absolute atomic E-state index is 0.144. The molecule has 170 valence electrons. The van der Waals surface area contributed by atoms with Crippen LogP contribution in [-0.4, -0.2) is 37.8 Å². The topological polar surface area (TPSA) is 57.7 Å². The molecule has 7 heteroatoms. The third-order valence-corrected chi connectivity index (χ3v) is 9.97. The second-order valence-corrected chi connectivity index (χ2v) is 11.8. The number of carbonyl (C=O) groups is 1. The molecule has 0 saturated heterocycles. The van der Waals surface area contributed by atoms with Gasteiger partial charge in [-0.15, -0.1) is 0 Å². The highest BCUT2D eigenvalue weighted by molar-refractivity contribution is 7.89. The van der Waals surface area contributed by atoms with Crippen molar-refractivity contribution in [2.24, 2.45) is 17.8 Å². The van der Waals surface area contributed by atoms with Crippen LogP contribution < -0.4 is 4.90 Å². The predicted molar refractivity (Wildman–Crippen MR) is 126 cm³/mol. The Hall–Kier alpha value is -1.89. The molecule has 0 spiro atoms. The van der Waals surface area contributed by atoms with Gasteiger partial charge in [0.15, 0.2) is 0 Å². The van der Waals surface area contributed by atoms with Crippen LogP contribution in [0, 0.1) is 17.8 Å². The van der Waals surface area contributed by atoms with Gasteiger partial charge in [-0.05, 0) is 86.3 Å². The lowest BCUT2D eigenvalue weighted by molar-refractivity contribution is -0.119. The Morgan fingerprint density at radius 2 is 1.88 bits per heavy atom. The highest BCUT2D eigenvalue weighted by atomic mass is 35.5. The van der Waals surface area contributed by atoms with E-state index in [1.54, 1.807) is 17.0 Å². The first-order valence-corrected chi connectivity index (χ1v) is 13.3. The molecule has 0 aromatic heterocycles. The summed E-state index contributed by atoms with van der Waals surface area (Å²) in [6.07, 6.45) is 5.47. The first-order chi connectivity index (χ1) is 15.3. The average Bonchev–Trinajstić information content (AvgIpc) is 3.52. The summed E-state index contributed by atoms with van der Waals surface area (Å²) >= 11 is 6.00. The number of benzene rings is 2. The second kappa shape index (κ2) is 8.47. The minimum Gasteiger partial charge on any atom is -0.311 e. The van der Waals surface area contributed by atoms with Crippen LogP contribution in [0.2, 0.25) is 5.02 Å². The monoisotopic (exact) mass is 472 g/mol. The highest BCUT2D eigenvalue weighted by Gasteiger charge is 2.46. The largest absolute Gasteiger partial charge is 0.311 e. The van der Waals surface area contributed by atoms with E-state index >= 15 is 0 Å². The molecule has 5 nitrogen and oxygen atoms in total. The number of carbonyl (C=O) groups excluding carboxylic acids is 1. The third kappa shape index (κ3) is 3.87. The van der Waals surface area contributed by atoms with Crippen LogP contribution >= 0.6 is 11.6 Å². The summed E-state index contributed by atoms with van der Waals surface area (Å²) in [6.45, 7) is 2.44. The Morgan fingerprint density at radius 1 is 1.12 bits per heavy atom. The van der Waals surface area contributed by atoms with Crippen LogP contribution in [0.4, 0.5) is 5.69 Å². The number of halogens is 1. The summed E-state index contributed by atoms with van der Waals surface area (Å²) in [5.41, 5.74) is 2.03. The van der Waals surface area contributed by atoms with Crippen molar-refractivity contribution >= 4 is 33.2 Å². The lowest BCUT2D eigenvalue weighted by Gasteiger charge is -2.36. The van der Waals surface area contributed by atoms with Crippen LogP contribution in [0.25, 0.3) is 0 Å². The lowest BCUT2D eigenvalue weighted by Crippen LogP contribution is -2.49. The van der Waals surface area contributed by atoms with Crippen molar-refractivity contribution in [3.05, 3.63) is 59.1 Å². The van der Waals surface area contributed by atoms with Crippen molar-refractivity contribution in [1.29, 1.82) is 0 Å². The van der Waals surface area contributed by atoms with E-state index in [2.05, 4.69) is 0 Å². The number of hydrogen-bond acceptors (Lipinski definition) is 3. The van der Waals surface area contributed by atoms with Gasteiger partial charge in [-0.1, -0.05) is 36.2 Å². The van der Waals surface area contributed by atoms with E-state index in [0.717, 1.165) is 24.1 Å². The van der Waals surface area contributed by atoms with Crippen LogP contribution in [0.5, 0.6) is 0 Å². The van der Waals surface area contributed by atoms with Crippen molar-refractivity contribution in [3.63, 3.8) is 0 Å². The molecular weight excluding hydrogens is 444 g/mol. The van der Waals surface area contributed by atoms with Gasteiger partial charge in [0.25, 0.3) is 0 Å². The molecule has 1 heterocycles. The van der Waals surface area contributed by atoms with Crippen molar-refractivity contribution in [2.45, 2.75) is 50.0 Å². The number of amides is 1. The van der Waals surface area contributed by atoms with Gasteiger partial charge in [-0.25, -0.2) is 8.42 Å². The summed E-state index contributed by atoms with van der Waals surface area (Å²) in [5.74, 6) is 1.39. The van der Waals surface area contributed by atoms with Crippen molar-refractivity contribution in [1.82, 2.24) is 4.31 Å². The second-order valence-electron chi connectivity index (χ2n) is 9.51. The molecule has 2 saturated carbocycles. The maximum Gasteiger partial charge on any atom is 0.243 e. The SMILES string of the molecule is C[C@H]([C@@H]1C[C@H]2CC[C@H]1C2)N(CC(=O)N1CCc2ccccc21)S(=O)(=O)c1ccc(Cl)cc1. The quantitative estimate of drug-likeness (QED) is 0.609. The standard InChI is InChI=1S/C25H29ClN2O3S/c1-17(23-15-18-6-7-20(23)14-18)28(32(30,31)22-10-8-21(26)9-11-22)16-25(29)27-13-12-19-4-2-3-5-24(19)27/h2-5,8-11,17-18,20,23H,6-7,12-16H2,1H3/t17-,18+,20+,23+/m1/s1. The van der Waals surface area contributed by atoms with Gasteiger partial charge < -0.3 is 4.90 Å². The molecule has 2 aliphatic carbocycles. The van der Waals surface area contributed by atoms with Gasteiger partial charge in [-0.3, -0.25) is 4.79 Å². The number of para-hydroxylation sites is 1. The van der Waals surface area contributed by atoms with E-state index in [9.17, 15) is 13.2 Å². The molecular formula is C25H29ClN2O3S. The van der Waals surface area contributed by atoms with E-state index in [0.29, 0.717) is 29.3 Å². The number of rotatable bonds is 6. The fraction of sp³-hybridized carbons (Fsp3) is 0.480. The van der Waals surface area contributed by atoms with Crippen molar-refractivity contribution in [3.8, 4) is 0 Å². The number of anilines is 1. The van der Waals surface area contributed by atoms with Gasteiger partial charge in [0, 0.05) is 23.3 Å². The van der Waals surface area contributed by atoms with E-state index in [-0.39, 0.29) is 23.4 Å². The Kier molecular flexibility index (Phi) is 5.81.